The number of benzene rings is 1. The Bertz CT molecular complexity index is 716. The third-order valence-electron chi connectivity index (χ3n) is 3.72. The molecule has 1 fully saturated rings. The van der Waals surface area contributed by atoms with Gasteiger partial charge in [-0.25, -0.2) is 14.8 Å². The molecule has 0 aliphatic heterocycles. The summed E-state index contributed by atoms with van der Waals surface area (Å²) in [4.78, 5) is 19.1. The van der Waals surface area contributed by atoms with E-state index in [4.69, 9.17) is 16.7 Å². The summed E-state index contributed by atoms with van der Waals surface area (Å²) in [5, 5.41) is 13.1. The third-order valence-corrected chi connectivity index (χ3v) is 4.06. The monoisotopic (exact) mass is 317 g/mol. The molecule has 0 amide bonds. The maximum atomic E-state index is 11.0. The van der Waals surface area contributed by atoms with Crippen LogP contribution in [0.2, 0.25) is 5.02 Å². The van der Waals surface area contributed by atoms with Gasteiger partial charge in [0.05, 0.1) is 23.6 Å². The van der Waals surface area contributed by atoms with Gasteiger partial charge in [-0.3, -0.25) is 0 Å². The first kappa shape index (κ1) is 14.8. The van der Waals surface area contributed by atoms with Crippen LogP contribution >= 0.6 is 11.6 Å². The summed E-state index contributed by atoms with van der Waals surface area (Å²) in [6.07, 6.45) is 3.62. The number of aromatic carboxylic acids is 1. The molecule has 0 spiro atoms. The standard InChI is InChI=1S/C16H16ClN3O2/c1-9(11-4-2-3-5-12(11)17)19-13-8-18-15(16(21)22)20-14(13)10-6-7-10/h2-5,8-10,19H,6-7H2,1H3,(H,21,22)/t9-/m0/s1. The van der Waals surface area contributed by atoms with E-state index < -0.39 is 5.97 Å². The molecule has 3 rings (SSSR count). The maximum Gasteiger partial charge on any atom is 0.373 e. The highest BCUT2D eigenvalue weighted by Crippen LogP contribution is 2.42. The summed E-state index contributed by atoms with van der Waals surface area (Å²) in [6.45, 7) is 2.00. The molecular weight excluding hydrogens is 302 g/mol. The lowest BCUT2D eigenvalue weighted by Crippen LogP contribution is -2.13. The first-order valence-electron chi connectivity index (χ1n) is 7.17. The van der Waals surface area contributed by atoms with Crippen LogP contribution in [0.3, 0.4) is 0 Å². The number of carboxylic acid groups (broad SMARTS) is 1. The highest BCUT2D eigenvalue weighted by molar-refractivity contribution is 6.31. The zero-order valence-electron chi connectivity index (χ0n) is 12.1. The number of anilines is 1. The van der Waals surface area contributed by atoms with Gasteiger partial charge in [0.2, 0.25) is 5.82 Å². The summed E-state index contributed by atoms with van der Waals surface area (Å²) < 4.78 is 0. The molecular formula is C16H16ClN3O2. The van der Waals surface area contributed by atoms with Gasteiger partial charge in [-0.2, -0.15) is 0 Å². The minimum absolute atomic E-state index is 0.0227. The predicted molar refractivity (Wildman–Crippen MR) is 84.5 cm³/mol. The number of carbonyl (C=O) groups is 1. The SMILES string of the molecule is C[C@H](Nc1cnc(C(=O)O)nc1C1CC1)c1ccccc1Cl. The number of rotatable bonds is 5. The molecule has 1 heterocycles. The van der Waals surface area contributed by atoms with E-state index >= 15 is 0 Å². The van der Waals surface area contributed by atoms with Crippen LogP contribution in [-0.4, -0.2) is 21.0 Å². The quantitative estimate of drug-likeness (QED) is 0.875. The molecule has 5 nitrogen and oxygen atoms in total. The average Bonchev–Trinajstić information content (AvgIpc) is 3.32. The molecule has 1 atom stereocenters. The van der Waals surface area contributed by atoms with Crippen molar-refractivity contribution >= 4 is 23.3 Å². The molecule has 0 unspecified atom stereocenters. The Hall–Kier alpha value is -2.14. The van der Waals surface area contributed by atoms with Crippen LogP contribution in [0.5, 0.6) is 0 Å². The average molecular weight is 318 g/mol. The summed E-state index contributed by atoms with van der Waals surface area (Å²) in [5.74, 6) is -0.938. The van der Waals surface area contributed by atoms with Crippen molar-refractivity contribution < 1.29 is 9.90 Å². The maximum absolute atomic E-state index is 11.0. The second-order valence-electron chi connectivity index (χ2n) is 5.46. The van der Waals surface area contributed by atoms with Crippen molar-refractivity contribution in [2.45, 2.75) is 31.7 Å². The van der Waals surface area contributed by atoms with Gasteiger partial charge in [0.1, 0.15) is 0 Å². The van der Waals surface area contributed by atoms with Crippen molar-refractivity contribution in [3.05, 3.63) is 52.6 Å². The van der Waals surface area contributed by atoms with E-state index in [0.717, 1.165) is 29.8 Å². The molecule has 1 aliphatic carbocycles. The zero-order chi connectivity index (χ0) is 15.7. The van der Waals surface area contributed by atoms with Crippen molar-refractivity contribution in [1.29, 1.82) is 0 Å². The van der Waals surface area contributed by atoms with Gasteiger partial charge in [-0.15, -0.1) is 0 Å². The van der Waals surface area contributed by atoms with Crippen LogP contribution < -0.4 is 5.32 Å². The third kappa shape index (κ3) is 3.04. The van der Waals surface area contributed by atoms with Crippen molar-refractivity contribution in [3.63, 3.8) is 0 Å². The Morgan fingerprint density at radius 2 is 2.14 bits per heavy atom. The van der Waals surface area contributed by atoms with Gasteiger partial charge in [0, 0.05) is 10.9 Å². The Morgan fingerprint density at radius 3 is 2.77 bits per heavy atom. The van der Waals surface area contributed by atoms with E-state index in [-0.39, 0.29) is 11.9 Å². The molecule has 0 saturated heterocycles. The molecule has 1 aliphatic rings. The first-order chi connectivity index (χ1) is 10.6. The Balaban J connectivity index is 1.88. The number of carboxylic acids is 1. The van der Waals surface area contributed by atoms with Crippen LogP contribution in [0, 0.1) is 0 Å². The van der Waals surface area contributed by atoms with Crippen molar-refractivity contribution in [2.24, 2.45) is 0 Å². The minimum atomic E-state index is -1.10. The van der Waals surface area contributed by atoms with E-state index in [9.17, 15) is 4.79 Å². The number of hydrogen-bond acceptors (Lipinski definition) is 4. The summed E-state index contributed by atoms with van der Waals surface area (Å²) >= 11 is 6.22. The van der Waals surface area contributed by atoms with Gasteiger partial charge in [0.15, 0.2) is 0 Å². The normalized spacial score (nSPS) is 15.4. The van der Waals surface area contributed by atoms with Crippen molar-refractivity contribution in [1.82, 2.24) is 9.97 Å². The molecule has 2 N–H and O–H groups in total. The molecule has 0 radical (unpaired) electrons. The van der Waals surface area contributed by atoms with Gasteiger partial charge in [-0.05, 0) is 31.4 Å². The fraction of sp³-hybridized carbons (Fsp3) is 0.312. The summed E-state index contributed by atoms with van der Waals surface area (Å²) in [5.41, 5.74) is 2.54. The zero-order valence-corrected chi connectivity index (χ0v) is 12.8. The number of nitrogens with zero attached hydrogens (tertiary/aromatic N) is 2. The first-order valence-corrected chi connectivity index (χ1v) is 7.55. The second kappa shape index (κ2) is 5.93. The van der Waals surface area contributed by atoms with E-state index in [1.54, 1.807) is 6.20 Å². The molecule has 2 aromatic rings. The van der Waals surface area contributed by atoms with E-state index in [2.05, 4.69) is 15.3 Å². The Kier molecular flexibility index (Phi) is 3.98. The number of hydrogen-bond donors (Lipinski definition) is 2. The van der Waals surface area contributed by atoms with Crippen molar-refractivity contribution in [2.75, 3.05) is 5.32 Å². The van der Waals surface area contributed by atoms with Crippen LogP contribution in [-0.2, 0) is 0 Å². The van der Waals surface area contributed by atoms with Crippen LogP contribution in [0.4, 0.5) is 5.69 Å². The lowest BCUT2D eigenvalue weighted by Gasteiger charge is -2.18. The predicted octanol–water partition coefficient (Wildman–Crippen LogP) is 3.88. The fourth-order valence-corrected chi connectivity index (χ4v) is 2.71. The van der Waals surface area contributed by atoms with E-state index in [0.29, 0.717) is 10.9 Å². The second-order valence-corrected chi connectivity index (χ2v) is 5.87. The van der Waals surface area contributed by atoms with Gasteiger partial charge in [0.25, 0.3) is 0 Å². The van der Waals surface area contributed by atoms with Crippen LogP contribution in [0.25, 0.3) is 0 Å². The minimum Gasteiger partial charge on any atom is -0.475 e. The fourth-order valence-electron chi connectivity index (χ4n) is 2.41. The van der Waals surface area contributed by atoms with Gasteiger partial charge < -0.3 is 10.4 Å². The summed E-state index contributed by atoms with van der Waals surface area (Å²) in [6, 6.07) is 7.61. The van der Waals surface area contributed by atoms with Crippen molar-refractivity contribution in [3.8, 4) is 0 Å². The Morgan fingerprint density at radius 1 is 1.41 bits per heavy atom. The Labute approximate surface area is 133 Å². The number of nitrogens with one attached hydrogen (secondary N) is 1. The van der Waals surface area contributed by atoms with Crippen LogP contribution in [0.15, 0.2) is 30.5 Å². The van der Waals surface area contributed by atoms with E-state index in [1.165, 1.54) is 0 Å². The smallest absolute Gasteiger partial charge is 0.373 e. The molecule has 0 bridgehead atoms. The largest absolute Gasteiger partial charge is 0.475 e. The van der Waals surface area contributed by atoms with Gasteiger partial charge >= 0.3 is 5.97 Å². The molecule has 1 saturated carbocycles. The molecule has 22 heavy (non-hydrogen) atoms. The lowest BCUT2D eigenvalue weighted by atomic mass is 10.1. The molecule has 1 aromatic carbocycles. The highest BCUT2D eigenvalue weighted by Gasteiger charge is 2.29. The van der Waals surface area contributed by atoms with Gasteiger partial charge in [-0.1, -0.05) is 29.8 Å². The molecule has 1 aromatic heterocycles. The number of aromatic nitrogens is 2. The van der Waals surface area contributed by atoms with Crippen LogP contribution in [0.1, 0.15) is 53.6 Å². The highest BCUT2D eigenvalue weighted by atomic mass is 35.5. The topological polar surface area (TPSA) is 75.1 Å². The molecule has 6 heteroatoms. The lowest BCUT2D eigenvalue weighted by molar-refractivity contribution is 0.0683. The molecule has 114 valence electrons. The van der Waals surface area contributed by atoms with E-state index in [1.807, 2.05) is 31.2 Å². The number of halogens is 1. The summed E-state index contributed by atoms with van der Waals surface area (Å²) in [7, 11) is 0.